The summed E-state index contributed by atoms with van der Waals surface area (Å²) in [6, 6.07) is 5.27. The van der Waals surface area contributed by atoms with Gasteiger partial charge >= 0.3 is 6.18 Å². The molecule has 4 heteroatoms. The first kappa shape index (κ1) is 8.56. The van der Waals surface area contributed by atoms with Crippen LogP contribution in [0.25, 0.3) is 10.1 Å². The molecule has 0 aliphatic carbocycles. The first-order valence-electron chi connectivity index (χ1n) is 3.54. The summed E-state index contributed by atoms with van der Waals surface area (Å²) in [5.41, 5.74) is -0.605. The maximum atomic E-state index is 12.2. The number of hydrogen-bond donors (Lipinski definition) is 0. The summed E-state index contributed by atoms with van der Waals surface area (Å²) in [6.45, 7) is 0. The highest BCUT2D eigenvalue weighted by Gasteiger charge is 2.30. The Kier molecular flexibility index (Phi) is 1.80. The SMILES string of the molecule is FC(F)(F)c1ccc2s[c]cc2c1. The van der Waals surface area contributed by atoms with Crippen molar-refractivity contribution in [2.45, 2.75) is 6.18 Å². The second-order valence-electron chi connectivity index (χ2n) is 2.61. The monoisotopic (exact) mass is 201 g/mol. The van der Waals surface area contributed by atoms with E-state index in [9.17, 15) is 13.2 Å². The Morgan fingerprint density at radius 1 is 1.23 bits per heavy atom. The van der Waals surface area contributed by atoms with Crippen LogP contribution in [0.2, 0.25) is 0 Å². The van der Waals surface area contributed by atoms with Crippen molar-refractivity contribution >= 4 is 21.4 Å². The van der Waals surface area contributed by atoms with Crippen LogP contribution in [0.1, 0.15) is 5.56 Å². The summed E-state index contributed by atoms with van der Waals surface area (Å²) in [6.07, 6.45) is -4.25. The third-order valence-electron chi connectivity index (χ3n) is 1.72. The van der Waals surface area contributed by atoms with Crippen molar-refractivity contribution < 1.29 is 13.2 Å². The van der Waals surface area contributed by atoms with Gasteiger partial charge in [-0.15, -0.1) is 11.3 Å². The maximum absolute atomic E-state index is 12.2. The molecule has 0 saturated carbocycles. The molecule has 0 spiro atoms. The zero-order valence-electron chi connectivity index (χ0n) is 6.35. The molecule has 1 heterocycles. The quantitative estimate of drug-likeness (QED) is 0.609. The number of hydrogen-bond acceptors (Lipinski definition) is 1. The standard InChI is InChI=1S/C9H4F3S/c10-9(11,12)7-1-2-8-6(5-7)3-4-13-8/h1-3,5H. The van der Waals surface area contributed by atoms with Gasteiger partial charge in [0, 0.05) is 10.1 Å². The molecule has 0 aliphatic heterocycles. The van der Waals surface area contributed by atoms with Crippen LogP contribution in [0, 0.1) is 5.38 Å². The molecule has 0 saturated heterocycles. The first-order valence-corrected chi connectivity index (χ1v) is 4.36. The largest absolute Gasteiger partial charge is 0.416 e. The van der Waals surface area contributed by atoms with Gasteiger partial charge in [0.1, 0.15) is 0 Å². The van der Waals surface area contributed by atoms with Gasteiger partial charge in [-0.2, -0.15) is 13.2 Å². The van der Waals surface area contributed by atoms with Crippen molar-refractivity contribution in [2.75, 3.05) is 0 Å². The fraction of sp³-hybridized carbons (Fsp3) is 0.111. The molecule has 1 aromatic carbocycles. The van der Waals surface area contributed by atoms with Crippen molar-refractivity contribution in [2.24, 2.45) is 0 Å². The van der Waals surface area contributed by atoms with Gasteiger partial charge in [-0.05, 0) is 29.7 Å². The lowest BCUT2D eigenvalue weighted by atomic mass is 10.1. The topological polar surface area (TPSA) is 0 Å². The normalized spacial score (nSPS) is 12.2. The highest BCUT2D eigenvalue weighted by atomic mass is 32.1. The van der Waals surface area contributed by atoms with Gasteiger partial charge in [-0.3, -0.25) is 0 Å². The molecule has 0 N–H and O–H groups in total. The molecule has 2 aromatic rings. The van der Waals surface area contributed by atoms with Gasteiger partial charge in [0.2, 0.25) is 0 Å². The van der Waals surface area contributed by atoms with Crippen LogP contribution in [0.3, 0.4) is 0 Å². The number of thiophene rings is 1. The molecule has 2 rings (SSSR count). The average Bonchev–Trinajstić information content (AvgIpc) is 2.47. The van der Waals surface area contributed by atoms with Crippen LogP contribution in [-0.4, -0.2) is 0 Å². The van der Waals surface area contributed by atoms with Crippen molar-refractivity contribution in [1.82, 2.24) is 0 Å². The molecule has 0 aliphatic rings. The third-order valence-corrected chi connectivity index (χ3v) is 2.55. The van der Waals surface area contributed by atoms with E-state index in [-0.39, 0.29) is 0 Å². The molecule has 0 unspecified atom stereocenters. The fourth-order valence-corrected chi connectivity index (χ4v) is 1.77. The van der Waals surface area contributed by atoms with Crippen LogP contribution in [0.15, 0.2) is 24.3 Å². The lowest BCUT2D eigenvalue weighted by Gasteiger charge is -2.05. The van der Waals surface area contributed by atoms with E-state index < -0.39 is 11.7 Å². The van der Waals surface area contributed by atoms with Gasteiger partial charge in [0.05, 0.1) is 5.56 Å². The van der Waals surface area contributed by atoms with Gasteiger partial charge < -0.3 is 0 Å². The molecule has 0 fully saturated rings. The summed E-state index contributed by atoms with van der Waals surface area (Å²) in [4.78, 5) is 0. The minimum atomic E-state index is -4.25. The van der Waals surface area contributed by atoms with Crippen molar-refractivity contribution in [1.29, 1.82) is 0 Å². The lowest BCUT2D eigenvalue weighted by Crippen LogP contribution is -2.03. The molecule has 0 atom stereocenters. The van der Waals surface area contributed by atoms with E-state index in [1.807, 2.05) is 0 Å². The van der Waals surface area contributed by atoms with Crippen LogP contribution >= 0.6 is 11.3 Å². The predicted molar refractivity (Wildman–Crippen MR) is 45.7 cm³/mol. The van der Waals surface area contributed by atoms with E-state index in [0.717, 1.165) is 16.8 Å². The molecular formula is C9H4F3S. The van der Waals surface area contributed by atoms with E-state index in [0.29, 0.717) is 5.39 Å². The molecule has 0 nitrogen and oxygen atoms in total. The number of benzene rings is 1. The summed E-state index contributed by atoms with van der Waals surface area (Å²) < 4.78 is 37.5. The average molecular weight is 201 g/mol. The second kappa shape index (κ2) is 2.73. The summed E-state index contributed by atoms with van der Waals surface area (Å²) >= 11 is 1.31. The second-order valence-corrected chi connectivity index (χ2v) is 3.49. The first-order chi connectivity index (χ1) is 6.07. The van der Waals surface area contributed by atoms with Crippen molar-refractivity contribution in [3.63, 3.8) is 0 Å². The van der Waals surface area contributed by atoms with E-state index in [1.54, 1.807) is 6.07 Å². The van der Waals surface area contributed by atoms with Crippen molar-refractivity contribution in [3.8, 4) is 0 Å². The number of rotatable bonds is 0. The van der Waals surface area contributed by atoms with Crippen molar-refractivity contribution in [3.05, 3.63) is 35.2 Å². The van der Waals surface area contributed by atoms with Crippen LogP contribution in [0.4, 0.5) is 13.2 Å². The van der Waals surface area contributed by atoms with E-state index in [2.05, 4.69) is 5.38 Å². The lowest BCUT2D eigenvalue weighted by molar-refractivity contribution is -0.137. The van der Waals surface area contributed by atoms with Crippen LogP contribution in [0.5, 0.6) is 0 Å². The van der Waals surface area contributed by atoms with E-state index >= 15 is 0 Å². The Labute approximate surface area is 76.6 Å². The summed E-state index contributed by atoms with van der Waals surface area (Å²) in [7, 11) is 0. The molecular weight excluding hydrogens is 197 g/mol. The molecule has 1 radical (unpaired) electrons. The molecule has 0 amide bonds. The number of halogens is 3. The van der Waals surface area contributed by atoms with Crippen LogP contribution in [-0.2, 0) is 6.18 Å². The van der Waals surface area contributed by atoms with Gasteiger partial charge in [0.15, 0.2) is 0 Å². The zero-order chi connectivity index (χ0) is 9.47. The summed E-state index contributed by atoms with van der Waals surface area (Å²) in [5, 5.41) is 3.39. The Morgan fingerprint density at radius 3 is 2.69 bits per heavy atom. The summed E-state index contributed by atoms with van der Waals surface area (Å²) in [5.74, 6) is 0. The highest BCUT2D eigenvalue weighted by molar-refractivity contribution is 7.16. The Morgan fingerprint density at radius 2 is 2.00 bits per heavy atom. The number of alkyl halides is 3. The third kappa shape index (κ3) is 1.54. The maximum Gasteiger partial charge on any atom is 0.416 e. The Bertz CT molecular complexity index is 428. The minimum Gasteiger partial charge on any atom is -0.166 e. The van der Waals surface area contributed by atoms with E-state index in [1.165, 1.54) is 17.4 Å². The Hall–Kier alpha value is -1.03. The smallest absolute Gasteiger partial charge is 0.166 e. The molecule has 13 heavy (non-hydrogen) atoms. The number of fused-ring (bicyclic) bond motifs is 1. The molecule has 0 bridgehead atoms. The van der Waals surface area contributed by atoms with E-state index in [4.69, 9.17) is 0 Å². The Balaban J connectivity index is 2.61. The minimum absolute atomic E-state index is 0.597. The zero-order valence-corrected chi connectivity index (χ0v) is 7.17. The predicted octanol–water partition coefficient (Wildman–Crippen LogP) is 3.72. The molecule has 67 valence electrons. The van der Waals surface area contributed by atoms with Gasteiger partial charge in [-0.25, -0.2) is 0 Å². The molecule has 1 aromatic heterocycles. The van der Waals surface area contributed by atoms with Crippen LogP contribution < -0.4 is 0 Å². The van der Waals surface area contributed by atoms with Gasteiger partial charge in [0.25, 0.3) is 0 Å². The fourth-order valence-electron chi connectivity index (χ4n) is 1.09. The van der Waals surface area contributed by atoms with Gasteiger partial charge in [-0.1, -0.05) is 0 Å². The highest BCUT2D eigenvalue weighted by Crippen LogP contribution is 2.32.